The molecule has 15 heteroatoms. The average Bonchev–Trinajstić information content (AvgIpc) is 3.88. The van der Waals surface area contributed by atoms with Crippen molar-refractivity contribution in [3.63, 3.8) is 0 Å². The molecule has 3 heterocycles. The first-order valence-electron chi connectivity index (χ1n) is 17.8. The molecule has 0 aromatic heterocycles. The van der Waals surface area contributed by atoms with Gasteiger partial charge in [-0.1, -0.05) is 36.4 Å². The number of benzene rings is 2. The Balaban J connectivity index is -0.000000717. The van der Waals surface area contributed by atoms with Crippen molar-refractivity contribution < 1.29 is 55.2 Å². The van der Waals surface area contributed by atoms with Gasteiger partial charge in [-0.15, -0.1) is 12.1 Å². The van der Waals surface area contributed by atoms with Gasteiger partial charge in [-0.2, -0.15) is 51.6 Å². The first-order valence-corrected chi connectivity index (χ1v) is 17.8. The number of Topliss-reactive ketones (excluding diaryl/α,β-unsaturated/α-hetero) is 1. The predicted molar refractivity (Wildman–Crippen MR) is 224 cm³/mol. The molecule has 0 N–H and O–H groups in total. The quantitative estimate of drug-likeness (QED) is 0.251. The van der Waals surface area contributed by atoms with E-state index >= 15 is 0 Å². The van der Waals surface area contributed by atoms with Crippen LogP contribution in [0.15, 0.2) is 60.7 Å². The summed E-state index contributed by atoms with van der Waals surface area (Å²) in [6, 6.07) is 18.7. The number of ketones is 1. The molecule has 308 valence electrons. The Morgan fingerprint density at radius 1 is 0.745 bits per heavy atom. The number of nitrogens with zero attached hydrogens (tertiary/aromatic N) is 3. The van der Waals surface area contributed by atoms with Crippen molar-refractivity contribution in [2.24, 2.45) is 0 Å². The van der Waals surface area contributed by atoms with Crippen molar-refractivity contribution in [1.82, 2.24) is 14.9 Å². The Bertz CT molecular complexity index is 1360. The summed E-state index contributed by atoms with van der Waals surface area (Å²) in [5, 5.41) is 1.15. The van der Waals surface area contributed by atoms with Crippen LogP contribution in [-0.4, -0.2) is 126 Å². The van der Waals surface area contributed by atoms with E-state index in [0.717, 1.165) is 48.7 Å². The Kier molecular flexibility index (Phi) is 30.3. The molecule has 3 aliphatic rings. The zero-order valence-corrected chi connectivity index (χ0v) is 39.1. The molecule has 0 unspecified atom stereocenters. The molecule has 2 aromatic carbocycles. The zero-order valence-electron chi connectivity index (χ0n) is 34.1. The van der Waals surface area contributed by atoms with Crippen molar-refractivity contribution in [3.05, 3.63) is 78.7 Å². The molecule has 3 fully saturated rings. The maximum Gasteiger partial charge on any atom is 2.00 e. The van der Waals surface area contributed by atoms with Crippen LogP contribution < -0.4 is 17.0 Å². The van der Waals surface area contributed by atoms with Gasteiger partial charge in [-0.25, -0.2) is 14.7 Å². The van der Waals surface area contributed by atoms with Gasteiger partial charge in [0.05, 0.1) is 13.2 Å². The number of rotatable bonds is 5. The van der Waals surface area contributed by atoms with Crippen LogP contribution >= 0.6 is 27.0 Å². The van der Waals surface area contributed by atoms with E-state index in [4.69, 9.17) is 19.0 Å². The molecule has 3 aliphatic heterocycles. The van der Waals surface area contributed by atoms with Crippen LogP contribution in [0, 0.1) is 6.92 Å². The summed E-state index contributed by atoms with van der Waals surface area (Å²) < 4.78 is 15.6. The topological polar surface area (TPSA) is 115 Å². The van der Waals surface area contributed by atoms with E-state index in [1.54, 1.807) is 25.7 Å². The molecular formula is C40H64BrMgN3O8S2. The summed E-state index contributed by atoms with van der Waals surface area (Å²) in [7, 11) is 2.96. The number of likely N-dealkylation sites (tertiary alicyclic amines) is 2. The number of hydrogen-bond donors (Lipinski definition) is 0. The van der Waals surface area contributed by atoms with Crippen LogP contribution in [0.5, 0.6) is 0 Å². The van der Waals surface area contributed by atoms with Gasteiger partial charge in [0.2, 0.25) is 0 Å². The molecule has 5 rings (SSSR count). The van der Waals surface area contributed by atoms with E-state index < -0.39 is 23.3 Å². The van der Waals surface area contributed by atoms with Gasteiger partial charge in [-0.05, 0) is 85.6 Å². The first kappa shape index (κ1) is 57.2. The second kappa shape index (κ2) is 29.1. The molecule has 0 aliphatic carbocycles. The number of carbonyl (C=O) groups excluding carboxylic acids is 4. The van der Waals surface area contributed by atoms with Crippen LogP contribution in [0.1, 0.15) is 91.2 Å². The van der Waals surface area contributed by atoms with Crippen LogP contribution in [-0.2, 0) is 35.1 Å². The number of carbonyl (C=O) groups is 4. The number of halogens is 1. The van der Waals surface area contributed by atoms with Gasteiger partial charge in [0.15, 0.2) is 5.78 Å². The Morgan fingerprint density at radius 2 is 1.16 bits per heavy atom. The molecule has 3 saturated heterocycles. The molecule has 0 bridgehead atoms. The van der Waals surface area contributed by atoms with E-state index in [0.29, 0.717) is 25.9 Å². The van der Waals surface area contributed by atoms with E-state index in [9.17, 15) is 19.2 Å². The van der Waals surface area contributed by atoms with Crippen LogP contribution in [0.3, 0.4) is 0 Å². The molecular weight excluding hydrogens is 819 g/mol. The molecule has 2 atom stereocenters. The summed E-state index contributed by atoms with van der Waals surface area (Å²) in [4.78, 5) is 56.5. The molecule has 0 radical (unpaired) electrons. The van der Waals surface area contributed by atoms with Crippen LogP contribution in [0.25, 0.3) is 0 Å². The van der Waals surface area contributed by atoms with Crippen molar-refractivity contribution in [3.8, 4) is 0 Å². The third-order valence-corrected chi connectivity index (χ3v) is 7.89. The summed E-state index contributed by atoms with van der Waals surface area (Å²) in [5.74, 6) is -0.134. The largest absolute Gasteiger partial charge is 2.00 e. The van der Waals surface area contributed by atoms with Gasteiger partial charge in [0.1, 0.15) is 17.2 Å². The first-order chi connectivity index (χ1) is 24.0. The fourth-order valence-corrected chi connectivity index (χ4v) is 5.41. The Hall–Kier alpha value is -2.14. The number of hydrogen-bond acceptors (Lipinski definition) is 8. The van der Waals surface area contributed by atoms with Gasteiger partial charge in [0, 0.05) is 39.8 Å². The van der Waals surface area contributed by atoms with Gasteiger partial charge < -0.3 is 31.2 Å². The standard InChI is InChI=1S/C17H23NO3.C12H22N2O4.C7H7.C4H8O.BrH.Mg.2H2S/c1-17(2,3)21-16(20)18-11-7-10-14(18)15(19)12-13-8-5-4-6-9-13;1-12(2,3)18-11(16)14-8-6-7-9(14)10(15)13(4)17-5;1-7-5-3-2-4-6-7;1-2-4-5-3-1;;;;/h4-6,8-9,14H,7,10-12H2,1-3H3;9H,6-8H2,1-5H3;2-6H,1H2;1-4H2;1H;;2*1H2/q;;-1;;;+2;;/p-1/t14-;9-;;;;;;/m00....../s1. The monoisotopic (exact) mass is 881 g/mol. The fraction of sp³-hybridized carbons (Fsp3) is 0.575. The predicted octanol–water partition coefficient (Wildman–Crippen LogP) is 4.12. The van der Waals surface area contributed by atoms with Gasteiger partial charge in [-0.3, -0.25) is 24.2 Å². The molecule has 55 heavy (non-hydrogen) atoms. The van der Waals surface area contributed by atoms with Gasteiger partial charge >= 0.3 is 35.2 Å². The summed E-state index contributed by atoms with van der Waals surface area (Å²) >= 11 is 0. The van der Waals surface area contributed by atoms with Gasteiger partial charge in [0.25, 0.3) is 5.91 Å². The van der Waals surface area contributed by atoms with Crippen molar-refractivity contribution in [2.75, 3.05) is 40.5 Å². The normalized spacial score (nSPS) is 16.9. The minimum atomic E-state index is -0.555. The molecule has 2 aromatic rings. The summed E-state index contributed by atoms with van der Waals surface area (Å²) in [5.41, 5.74) is 0.966. The summed E-state index contributed by atoms with van der Waals surface area (Å²) in [6.45, 7) is 17.8. The smallest absolute Gasteiger partial charge is 1.00 e. The van der Waals surface area contributed by atoms with Crippen LogP contribution in [0.2, 0.25) is 0 Å². The Labute approximate surface area is 370 Å². The zero-order chi connectivity index (χ0) is 38.0. The van der Waals surface area contributed by atoms with E-state index in [1.165, 1.54) is 31.9 Å². The maximum absolute atomic E-state index is 12.4. The molecule has 3 amide bonds. The molecule has 0 spiro atoms. The fourth-order valence-electron chi connectivity index (χ4n) is 5.41. The number of amides is 3. The van der Waals surface area contributed by atoms with Crippen molar-refractivity contribution in [1.29, 1.82) is 0 Å². The van der Waals surface area contributed by atoms with Crippen LogP contribution in [0.4, 0.5) is 9.59 Å². The second-order valence-electron chi connectivity index (χ2n) is 14.6. The maximum atomic E-state index is 12.4. The Morgan fingerprint density at radius 3 is 1.53 bits per heavy atom. The average molecular weight is 883 g/mol. The number of hydroxylamine groups is 2. The molecule has 0 saturated carbocycles. The number of likely N-dealkylation sites (N-methyl/N-ethyl adjacent to an activating group) is 1. The van der Waals surface area contributed by atoms with Crippen molar-refractivity contribution >= 4 is 73.9 Å². The van der Waals surface area contributed by atoms with E-state index in [1.807, 2.05) is 81.4 Å². The third-order valence-electron chi connectivity index (χ3n) is 7.89. The van der Waals surface area contributed by atoms with E-state index in [-0.39, 0.29) is 90.9 Å². The minimum Gasteiger partial charge on any atom is -1.00 e. The summed E-state index contributed by atoms with van der Waals surface area (Å²) in [6.07, 6.45) is 5.12. The van der Waals surface area contributed by atoms with Crippen molar-refractivity contribution in [2.45, 2.75) is 110 Å². The third kappa shape index (κ3) is 23.0. The second-order valence-corrected chi connectivity index (χ2v) is 14.6. The molecule has 11 nitrogen and oxygen atoms in total. The number of ether oxygens (including phenoxy) is 3. The minimum absolute atomic E-state index is 0. The SMILES string of the molecule is C1CCOC1.CC(C)(C)OC(=O)N1CCC[C@H]1C(=O)Cc1ccccc1.CON(C)C(=O)[C@@H]1CCCN1C(=O)OC(C)(C)C.S.S.[Br-].[CH2-]c1ccccc1.[Mg+2]. The van der Waals surface area contributed by atoms with E-state index in [2.05, 4.69) is 6.92 Å².